The Morgan fingerprint density at radius 3 is 2.37 bits per heavy atom. The molecule has 100 valence electrons. The Balaban J connectivity index is 2.30. The molecular weight excluding hydrogens is 230 g/mol. The van der Waals surface area contributed by atoms with Crippen molar-refractivity contribution in [3.05, 3.63) is 71.3 Å². The quantitative estimate of drug-likeness (QED) is 0.849. The Labute approximate surface area is 116 Å². The highest BCUT2D eigenvalue weighted by molar-refractivity contribution is 5.30. The van der Waals surface area contributed by atoms with Gasteiger partial charge in [0.2, 0.25) is 0 Å². The molecule has 0 saturated carbocycles. The first-order chi connectivity index (χ1) is 9.14. The summed E-state index contributed by atoms with van der Waals surface area (Å²) in [5.74, 6) is 0. The predicted molar refractivity (Wildman–Crippen MR) is 82.1 cm³/mol. The molecule has 0 fully saturated rings. The molecule has 0 amide bonds. The van der Waals surface area contributed by atoms with Crippen LogP contribution in [0.4, 0.5) is 0 Å². The number of hydrogen-bond acceptors (Lipinski definition) is 1. The Bertz CT molecular complexity index is 518. The fourth-order valence-corrected chi connectivity index (χ4v) is 2.74. The SMILES string of the molecule is CCCC(N)(Cc1cccc(C)c1)c1ccccc1. The topological polar surface area (TPSA) is 26.0 Å². The lowest BCUT2D eigenvalue weighted by Crippen LogP contribution is -2.38. The van der Waals surface area contributed by atoms with E-state index in [4.69, 9.17) is 5.73 Å². The van der Waals surface area contributed by atoms with E-state index in [0.29, 0.717) is 0 Å². The normalized spacial score (nSPS) is 14.1. The summed E-state index contributed by atoms with van der Waals surface area (Å²) >= 11 is 0. The Kier molecular flexibility index (Phi) is 4.39. The molecule has 0 saturated heterocycles. The number of benzene rings is 2. The number of rotatable bonds is 5. The number of hydrogen-bond donors (Lipinski definition) is 1. The number of nitrogens with two attached hydrogens (primary N) is 1. The third-order valence-corrected chi connectivity index (χ3v) is 3.65. The largest absolute Gasteiger partial charge is 0.321 e. The monoisotopic (exact) mass is 253 g/mol. The molecule has 0 aliphatic heterocycles. The van der Waals surface area contributed by atoms with Crippen LogP contribution in [-0.4, -0.2) is 0 Å². The van der Waals surface area contributed by atoms with Gasteiger partial charge in [-0.2, -0.15) is 0 Å². The Morgan fingerprint density at radius 2 is 1.74 bits per heavy atom. The molecule has 0 spiro atoms. The van der Waals surface area contributed by atoms with Crippen LogP contribution in [0.1, 0.15) is 36.5 Å². The van der Waals surface area contributed by atoms with Gasteiger partial charge in [0.25, 0.3) is 0 Å². The van der Waals surface area contributed by atoms with Crippen LogP contribution >= 0.6 is 0 Å². The summed E-state index contributed by atoms with van der Waals surface area (Å²) in [6, 6.07) is 19.1. The van der Waals surface area contributed by atoms with Crippen LogP contribution in [0, 0.1) is 6.92 Å². The molecule has 1 heteroatoms. The average Bonchev–Trinajstić information content (AvgIpc) is 2.40. The van der Waals surface area contributed by atoms with E-state index in [-0.39, 0.29) is 5.54 Å². The van der Waals surface area contributed by atoms with E-state index < -0.39 is 0 Å². The highest BCUT2D eigenvalue weighted by Crippen LogP contribution is 2.28. The van der Waals surface area contributed by atoms with Crippen LogP contribution in [0.25, 0.3) is 0 Å². The second-order valence-corrected chi connectivity index (χ2v) is 5.44. The lowest BCUT2D eigenvalue weighted by Gasteiger charge is -2.30. The number of aryl methyl sites for hydroxylation is 1. The summed E-state index contributed by atoms with van der Waals surface area (Å²) in [5, 5.41) is 0. The van der Waals surface area contributed by atoms with Gasteiger partial charge in [-0.05, 0) is 30.9 Å². The lowest BCUT2D eigenvalue weighted by atomic mass is 9.81. The van der Waals surface area contributed by atoms with Crippen molar-refractivity contribution in [3.63, 3.8) is 0 Å². The van der Waals surface area contributed by atoms with Crippen LogP contribution in [0.15, 0.2) is 54.6 Å². The molecule has 0 aromatic heterocycles. The molecule has 19 heavy (non-hydrogen) atoms. The smallest absolute Gasteiger partial charge is 0.0450 e. The van der Waals surface area contributed by atoms with E-state index in [1.807, 2.05) is 6.07 Å². The van der Waals surface area contributed by atoms with Gasteiger partial charge in [-0.3, -0.25) is 0 Å². The zero-order valence-electron chi connectivity index (χ0n) is 11.9. The molecule has 0 bridgehead atoms. The summed E-state index contributed by atoms with van der Waals surface area (Å²) in [6.45, 7) is 4.32. The molecule has 0 aliphatic rings. The van der Waals surface area contributed by atoms with Crippen molar-refractivity contribution in [3.8, 4) is 0 Å². The molecule has 1 atom stereocenters. The fraction of sp³-hybridized carbons (Fsp3) is 0.333. The molecule has 0 radical (unpaired) electrons. The van der Waals surface area contributed by atoms with Crippen LogP contribution in [0.3, 0.4) is 0 Å². The third-order valence-electron chi connectivity index (χ3n) is 3.65. The van der Waals surface area contributed by atoms with Gasteiger partial charge in [0.15, 0.2) is 0 Å². The standard InChI is InChI=1S/C18H23N/c1-3-12-18(19,17-10-5-4-6-11-17)14-16-9-7-8-15(2)13-16/h4-11,13H,3,12,14,19H2,1-2H3. The van der Waals surface area contributed by atoms with Gasteiger partial charge in [0, 0.05) is 5.54 Å². The first-order valence-electron chi connectivity index (χ1n) is 7.04. The Hall–Kier alpha value is -1.60. The summed E-state index contributed by atoms with van der Waals surface area (Å²) in [5.41, 5.74) is 10.3. The van der Waals surface area contributed by atoms with Gasteiger partial charge >= 0.3 is 0 Å². The summed E-state index contributed by atoms with van der Waals surface area (Å²) in [6.07, 6.45) is 2.99. The van der Waals surface area contributed by atoms with Gasteiger partial charge in [-0.1, -0.05) is 73.5 Å². The van der Waals surface area contributed by atoms with E-state index in [1.54, 1.807) is 0 Å². The minimum atomic E-state index is -0.260. The van der Waals surface area contributed by atoms with Crippen LogP contribution in [-0.2, 0) is 12.0 Å². The maximum Gasteiger partial charge on any atom is 0.0450 e. The van der Waals surface area contributed by atoms with E-state index in [0.717, 1.165) is 19.3 Å². The van der Waals surface area contributed by atoms with Crippen LogP contribution in [0.2, 0.25) is 0 Å². The van der Waals surface area contributed by atoms with Crippen molar-refractivity contribution in [2.45, 2.75) is 38.6 Å². The minimum Gasteiger partial charge on any atom is -0.321 e. The third kappa shape index (κ3) is 3.45. The fourth-order valence-electron chi connectivity index (χ4n) is 2.74. The average molecular weight is 253 g/mol. The summed E-state index contributed by atoms with van der Waals surface area (Å²) in [7, 11) is 0. The molecule has 2 aromatic rings. The van der Waals surface area contributed by atoms with Crippen molar-refractivity contribution >= 4 is 0 Å². The first kappa shape index (κ1) is 13.8. The van der Waals surface area contributed by atoms with Crippen molar-refractivity contribution in [2.75, 3.05) is 0 Å². The van der Waals surface area contributed by atoms with Gasteiger partial charge in [-0.25, -0.2) is 0 Å². The van der Waals surface area contributed by atoms with E-state index >= 15 is 0 Å². The van der Waals surface area contributed by atoms with Crippen LogP contribution in [0.5, 0.6) is 0 Å². The molecule has 2 N–H and O–H groups in total. The molecule has 0 aliphatic carbocycles. The lowest BCUT2D eigenvalue weighted by molar-refractivity contribution is 0.400. The van der Waals surface area contributed by atoms with Gasteiger partial charge < -0.3 is 5.73 Å². The maximum absolute atomic E-state index is 6.71. The van der Waals surface area contributed by atoms with Crippen molar-refractivity contribution < 1.29 is 0 Å². The minimum absolute atomic E-state index is 0.260. The summed E-state index contributed by atoms with van der Waals surface area (Å²) in [4.78, 5) is 0. The molecule has 0 heterocycles. The van der Waals surface area contributed by atoms with Gasteiger partial charge in [-0.15, -0.1) is 0 Å². The highest BCUT2D eigenvalue weighted by Gasteiger charge is 2.26. The van der Waals surface area contributed by atoms with Crippen molar-refractivity contribution in [1.82, 2.24) is 0 Å². The Morgan fingerprint density at radius 1 is 1.00 bits per heavy atom. The second kappa shape index (κ2) is 6.03. The van der Waals surface area contributed by atoms with Gasteiger partial charge in [0.05, 0.1) is 0 Å². The second-order valence-electron chi connectivity index (χ2n) is 5.44. The van der Waals surface area contributed by atoms with Crippen molar-refractivity contribution in [2.24, 2.45) is 5.73 Å². The molecule has 2 aromatic carbocycles. The highest BCUT2D eigenvalue weighted by atomic mass is 14.7. The van der Waals surface area contributed by atoms with E-state index in [9.17, 15) is 0 Å². The van der Waals surface area contributed by atoms with E-state index in [1.165, 1.54) is 16.7 Å². The van der Waals surface area contributed by atoms with Gasteiger partial charge in [0.1, 0.15) is 0 Å². The van der Waals surface area contributed by atoms with Crippen LogP contribution < -0.4 is 5.73 Å². The maximum atomic E-state index is 6.71. The summed E-state index contributed by atoms with van der Waals surface area (Å²) < 4.78 is 0. The predicted octanol–water partition coefficient (Wildman–Crippen LogP) is 4.19. The molecule has 1 nitrogen and oxygen atoms in total. The molecule has 2 rings (SSSR count). The van der Waals surface area contributed by atoms with Crippen molar-refractivity contribution in [1.29, 1.82) is 0 Å². The van der Waals surface area contributed by atoms with E-state index in [2.05, 4.69) is 62.4 Å². The zero-order chi connectivity index (χ0) is 13.7. The molecular formula is C18H23N. The zero-order valence-corrected chi connectivity index (χ0v) is 11.9. The first-order valence-corrected chi connectivity index (χ1v) is 7.04. The molecule has 1 unspecified atom stereocenters.